The van der Waals surface area contributed by atoms with Crippen molar-refractivity contribution in [3.05, 3.63) is 68.7 Å². The van der Waals surface area contributed by atoms with Crippen molar-refractivity contribution in [1.29, 1.82) is 0 Å². The van der Waals surface area contributed by atoms with E-state index < -0.39 is 30.1 Å². The van der Waals surface area contributed by atoms with E-state index in [0.717, 1.165) is 5.01 Å². The Bertz CT molecular complexity index is 1120. The second-order valence-corrected chi connectivity index (χ2v) is 8.28. The molecule has 33 heavy (non-hydrogen) atoms. The first-order valence-corrected chi connectivity index (χ1v) is 10.3. The molecule has 11 heteroatoms. The number of rotatable bonds is 5. The van der Waals surface area contributed by atoms with Crippen LogP contribution >= 0.6 is 23.2 Å². The third kappa shape index (κ3) is 4.79. The van der Waals surface area contributed by atoms with Crippen LogP contribution in [0, 0.1) is 0 Å². The molecule has 1 aliphatic heterocycles. The van der Waals surface area contributed by atoms with Crippen molar-refractivity contribution in [3.8, 4) is 0 Å². The van der Waals surface area contributed by atoms with Crippen LogP contribution in [0.5, 0.6) is 0 Å². The van der Waals surface area contributed by atoms with E-state index in [1.54, 1.807) is 0 Å². The second-order valence-electron chi connectivity index (χ2n) is 7.41. The van der Waals surface area contributed by atoms with Crippen LogP contribution in [-0.4, -0.2) is 43.0 Å². The summed E-state index contributed by atoms with van der Waals surface area (Å²) < 4.78 is 53.2. The minimum Gasteiger partial charge on any atom is -0.465 e. The molecule has 0 spiro atoms. The first kappa shape index (κ1) is 24.9. The Morgan fingerprint density at radius 3 is 2.33 bits per heavy atom. The lowest BCUT2D eigenvalue weighted by Gasteiger charge is -2.37. The monoisotopic (exact) mass is 502 g/mol. The standard InChI is InChI=1S/C22H19Cl2F3N2O4/c1-12(30)33-11-14-5-4-13(6-18(14)20(31)32-3)19-10-21(22(25,26)27,29(2)28-19)15-7-16(23)9-17(24)8-15/h4-9H,10-11H2,1-3H3. The first-order valence-electron chi connectivity index (χ1n) is 9.58. The zero-order valence-electron chi connectivity index (χ0n) is 17.8. The highest BCUT2D eigenvalue weighted by Crippen LogP contribution is 2.50. The van der Waals surface area contributed by atoms with E-state index in [4.69, 9.17) is 32.7 Å². The number of hydrogen-bond donors (Lipinski definition) is 0. The molecule has 0 saturated heterocycles. The molecule has 2 aromatic carbocycles. The summed E-state index contributed by atoms with van der Waals surface area (Å²) in [5, 5.41) is 5.10. The summed E-state index contributed by atoms with van der Waals surface area (Å²) in [5.74, 6) is -1.28. The molecule has 0 aliphatic carbocycles. The number of hydrogen-bond acceptors (Lipinski definition) is 6. The van der Waals surface area contributed by atoms with Crippen LogP contribution in [0.2, 0.25) is 10.0 Å². The van der Waals surface area contributed by atoms with Crippen molar-refractivity contribution in [2.75, 3.05) is 14.2 Å². The lowest BCUT2D eigenvalue weighted by Crippen LogP contribution is -2.50. The summed E-state index contributed by atoms with van der Waals surface area (Å²) in [6, 6.07) is 8.12. The smallest absolute Gasteiger partial charge is 0.417 e. The van der Waals surface area contributed by atoms with Crippen molar-refractivity contribution in [3.63, 3.8) is 0 Å². The normalized spacial score (nSPS) is 18.2. The van der Waals surface area contributed by atoms with E-state index in [1.807, 2.05) is 0 Å². The lowest BCUT2D eigenvalue weighted by molar-refractivity contribution is -0.227. The van der Waals surface area contributed by atoms with Gasteiger partial charge in [-0.25, -0.2) is 4.79 Å². The predicted octanol–water partition coefficient (Wildman–Crippen LogP) is 5.34. The van der Waals surface area contributed by atoms with E-state index in [1.165, 1.54) is 57.5 Å². The molecule has 176 valence electrons. The number of nitrogens with zero attached hydrogens (tertiary/aromatic N) is 2. The summed E-state index contributed by atoms with van der Waals surface area (Å²) >= 11 is 12.0. The van der Waals surface area contributed by atoms with E-state index in [0.29, 0.717) is 5.56 Å². The van der Waals surface area contributed by atoms with E-state index in [-0.39, 0.29) is 39.1 Å². The SMILES string of the molecule is COC(=O)c1cc(C2=NN(C)C(c3cc(Cl)cc(Cl)c3)(C(F)(F)F)C2)ccc1COC(C)=O. The van der Waals surface area contributed by atoms with E-state index >= 15 is 0 Å². The lowest BCUT2D eigenvalue weighted by atomic mass is 9.83. The van der Waals surface area contributed by atoms with Crippen LogP contribution in [-0.2, 0) is 26.4 Å². The Morgan fingerprint density at radius 1 is 1.15 bits per heavy atom. The molecule has 0 bridgehead atoms. The van der Waals surface area contributed by atoms with Crippen LogP contribution in [0.4, 0.5) is 13.2 Å². The average molecular weight is 503 g/mol. The maximum absolute atomic E-state index is 14.5. The van der Waals surface area contributed by atoms with Crippen LogP contribution in [0.15, 0.2) is 41.5 Å². The highest BCUT2D eigenvalue weighted by Gasteiger charge is 2.62. The molecular formula is C22H19Cl2F3N2O4. The van der Waals surface area contributed by atoms with Gasteiger partial charge in [-0.2, -0.15) is 18.3 Å². The molecule has 1 aliphatic rings. The fraction of sp³-hybridized carbons (Fsp3) is 0.318. The van der Waals surface area contributed by atoms with Crippen LogP contribution in [0.1, 0.15) is 40.4 Å². The molecule has 3 rings (SSSR count). The summed E-state index contributed by atoms with van der Waals surface area (Å²) in [7, 11) is 2.38. The molecule has 1 atom stereocenters. The van der Waals surface area contributed by atoms with Crippen LogP contribution < -0.4 is 0 Å². The zero-order chi connectivity index (χ0) is 24.6. The number of carbonyl (C=O) groups excluding carboxylic acids is 2. The number of carbonyl (C=O) groups is 2. The number of halogens is 5. The van der Waals surface area contributed by atoms with Gasteiger partial charge in [-0.1, -0.05) is 35.3 Å². The number of ether oxygens (including phenoxy) is 2. The Kier molecular flexibility index (Phi) is 6.95. The highest BCUT2D eigenvalue weighted by molar-refractivity contribution is 6.34. The van der Waals surface area contributed by atoms with Gasteiger partial charge in [-0.15, -0.1) is 0 Å². The molecule has 0 N–H and O–H groups in total. The zero-order valence-corrected chi connectivity index (χ0v) is 19.3. The van der Waals surface area contributed by atoms with Gasteiger partial charge in [-0.05, 0) is 35.4 Å². The van der Waals surface area contributed by atoms with Crippen molar-refractivity contribution >= 4 is 40.9 Å². The third-order valence-corrected chi connectivity index (χ3v) is 5.77. The average Bonchev–Trinajstić information content (AvgIpc) is 3.09. The molecule has 0 fully saturated rings. The summed E-state index contributed by atoms with van der Waals surface area (Å²) in [4.78, 5) is 23.4. The summed E-state index contributed by atoms with van der Waals surface area (Å²) in [5.41, 5.74) is -1.90. The summed E-state index contributed by atoms with van der Waals surface area (Å²) in [6.07, 6.45) is -5.28. The van der Waals surface area contributed by atoms with Gasteiger partial charge in [-0.3, -0.25) is 9.80 Å². The van der Waals surface area contributed by atoms with Crippen molar-refractivity contribution < 1.29 is 32.2 Å². The number of benzene rings is 2. The van der Waals surface area contributed by atoms with Gasteiger partial charge in [0.15, 0.2) is 5.54 Å². The van der Waals surface area contributed by atoms with E-state index in [2.05, 4.69) is 5.10 Å². The first-order chi connectivity index (χ1) is 15.4. The molecule has 0 amide bonds. The maximum atomic E-state index is 14.5. The molecule has 6 nitrogen and oxygen atoms in total. The summed E-state index contributed by atoms with van der Waals surface area (Å²) in [6.45, 7) is 1.02. The fourth-order valence-corrected chi connectivity index (χ4v) is 4.23. The largest absolute Gasteiger partial charge is 0.465 e. The van der Waals surface area contributed by atoms with Crippen LogP contribution in [0.25, 0.3) is 0 Å². The van der Waals surface area contributed by atoms with Gasteiger partial charge in [0.1, 0.15) is 6.61 Å². The van der Waals surface area contributed by atoms with Gasteiger partial charge >= 0.3 is 18.1 Å². The molecule has 1 heterocycles. The van der Waals surface area contributed by atoms with Gasteiger partial charge in [0.05, 0.1) is 18.4 Å². The van der Waals surface area contributed by atoms with Crippen molar-refractivity contribution in [2.45, 2.75) is 31.7 Å². The molecule has 2 aromatic rings. The molecule has 1 unspecified atom stereocenters. The van der Waals surface area contributed by atoms with Crippen molar-refractivity contribution in [2.24, 2.45) is 5.10 Å². The molecule has 0 saturated carbocycles. The van der Waals surface area contributed by atoms with Crippen molar-refractivity contribution in [1.82, 2.24) is 5.01 Å². The Labute approximate surface area is 197 Å². The fourth-order valence-electron chi connectivity index (χ4n) is 3.71. The van der Waals surface area contributed by atoms with Gasteiger partial charge in [0.25, 0.3) is 0 Å². The Morgan fingerprint density at radius 2 is 1.79 bits per heavy atom. The minimum absolute atomic E-state index is 0.0527. The number of alkyl halides is 3. The molecular weight excluding hydrogens is 484 g/mol. The van der Waals surface area contributed by atoms with Gasteiger partial charge in [0.2, 0.25) is 0 Å². The maximum Gasteiger partial charge on any atom is 0.417 e. The van der Waals surface area contributed by atoms with Gasteiger partial charge in [0, 0.05) is 36.0 Å². The number of esters is 2. The third-order valence-electron chi connectivity index (χ3n) is 5.33. The second kappa shape index (κ2) is 9.23. The predicted molar refractivity (Wildman–Crippen MR) is 116 cm³/mol. The van der Waals surface area contributed by atoms with Crippen LogP contribution in [0.3, 0.4) is 0 Å². The topological polar surface area (TPSA) is 68.2 Å². The molecule has 0 radical (unpaired) electrons. The Hall–Kier alpha value is -2.78. The van der Waals surface area contributed by atoms with E-state index in [9.17, 15) is 22.8 Å². The Balaban J connectivity index is 2.07. The number of methoxy groups -OCH3 is 1. The molecule has 0 aromatic heterocycles. The highest BCUT2D eigenvalue weighted by atomic mass is 35.5. The quantitative estimate of drug-likeness (QED) is 0.516. The number of hydrazone groups is 1. The van der Waals surface area contributed by atoms with Gasteiger partial charge < -0.3 is 9.47 Å². The minimum atomic E-state index is -4.73.